The van der Waals surface area contributed by atoms with E-state index in [9.17, 15) is 13.2 Å². The predicted molar refractivity (Wildman–Crippen MR) is 90.4 cm³/mol. The van der Waals surface area contributed by atoms with Gasteiger partial charge in [0.05, 0.1) is 0 Å². The van der Waals surface area contributed by atoms with E-state index in [0.29, 0.717) is 18.1 Å². The summed E-state index contributed by atoms with van der Waals surface area (Å²) in [4.78, 5) is 0. The molecule has 3 aromatic rings. The number of alkyl halides is 3. The summed E-state index contributed by atoms with van der Waals surface area (Å²) in [6, 6.07) is 21.9. The molecule has 26 heavy (non-hydrogen) atoms. The molecule has 0 aromatic heterocycles. The second-order valence-corrected chi connectivity index (χ2v) is 5.35. The third-order valence-corrected chi connectivity index (χ3v) is 3.36. The Morgan fingerprint density at radius 1 is 0.692 bits per heavy atom. The highest BCUT2D eigenvalue weighted by atomic mass is 19.4. The number of hydrogen-bond donors (Lipinski definition) is 0. The van der Waals surface area contributed by atoms with Crippen molar-refractivity contribution in [1.82, 2.24) is 0 Å². The van der Waals surface area contributed by atoms with Crippen molar-refractivity contribution < 1.29 is 27.4 Å². The van der Waals surface area contributed by atoms with Crippen LogP contribution in [0.25, 0.3) is 0 Å². The van der Waals surface area contributed by atoms with E-state index in [0.717, 1.165) is 5.56 Å². The fourth-order valence-electron chi connectivity index (χ4n) is 2.24. The van der Waals surface area contributed by atoms with E-state index in [1.165, 1.54) is 18.2 Å². The number of ether oxygens (including phenoxy) is 3. The van der Waals surface area contributed by atoms with E-state index < -0.39 is 12.1 Å². The standard InChI is InChI=1S/C20H15F3O3/c21-20(22,23)26-19-12-5-4-11-18(19)25-17-10-6-9-16(13-17)24-14-15-7-2-1-3-8-15/h1-13H,14H2. The molecule has 0 aliphatic carbocycles. The van der Waals surface area contributed by atoms with Gasteiger partial charge in [-0.05, 0) is 29.8 Å². The van der Waals surface area contributed by atoms with Crippen LogP contribution in [0.2, 0.25) is 0 Å². The summed E-state index contributed by atoms with van der Waals surface area (Å²) in [5, 5.41) is 0. The molecule has 0 bridgehead atoms. The Morgan fingerprint density at radius 3 is 2.08 bits per heavy atom. The van der Waals surface area contributed by atoms with Crippen molar-refractivity contribution in [3.8, 4) is 23.0 Å². The molecule has 0 radical (unpaired) electrons. The minimum atomic E-state index is -4.79. The van der Waals surface area contributed by atoms with E-state index in [1.807, 2.05) is 30.3 Å². The number of para-hydroxylation sites is 2. The zero-order valence-corrected chi connectivity index (χ0v) is 13.6. The van der Waals surface area contributed by atoms with Crippen LogP contribution in [0.3, 0.4) is 0 Å². The Morgan fingerprint density at radius 2 is 1.35 bits per heavy atom. The van der Waals surface area contributed by atoms with E-state index in [2.05, 4.69) is 4.74 Å². The lowest BCUT2D eigenvalue weighted by Crippen LogP contribution is -2.17. The molecule has 0 saturated heterocycles. The highest BCUT2D eigenvalue weighted by Crippen LogP contribution is 2.35. The van der Waals surface area contributed by atoms with Gasteiger partial charge in [0.15, 0.2) is 11.5 Å². The molecule has 134 valence electrons. The molecule has 0 aliphatic rings. The summed E-state index contributed by atoms with van der Waals surface area (Å²) in [5.74, 6) is 0.440. The Balaban J connectivity index is 1.71. The molecule has 6 heteroatoms. The monoisotopic (exact) mass is 360 g/mol. The Hall–Kier alpha value is -3.15. The van der Waals surface area contributed by atoms with Crippen molar-refractivity contribution in [3.63, 3.8) is 0 Å². The van der Waals surface area contributed by atoms with Crippen LogP contribution in [-0.2, 0) is 6.61 Å². The van der Waals surface area contributed by atoms with Crippen molar-refractivity contribution in [2.24, 2.45) is 0 Å². The summed E-state index contributed by atoms with van der Waals surface area (Å²) in [7, 11) is 0. The van der Waals surface area contributed by atoms with Crippen LogP contribution in [0, 0.1) is 0 Å². The molecular formula is C20H15F3O3. The molecule has 0 spiro atoms. The molecule has 3 rings (SSSR count). The summed E-state index contributed by atoms with van der Waals surface area (Å²) >= 11 is 0. The lowest BCUT2D eigenvalue weighted by atomic mass is 10.2. The van der Waals surface area contributed by atoms with Gasteiger partial charge in [-0.15, -0.1) is 13.2 Å². The van der Waals surface area contributed by atoms with Gasteiger partial charge in [-0.1, -0.05) is 48.5 Å². The Labute approximate surface area is 148 Å². The van der Waals surface area contributed by atoms with Crippen LogP contribution in [-0.4, -0.2) is 6.36 Å². The first kappa shape index (κ1) is 17.7. The van der Waals surface area contributed by atoms with Gasteiger partial charge in [0.25, 0.3) is 0 Å². The predicted octanol–water partition coefficient (Wildman–Crippen LogP) is 5.96. The van der Waals surface area contributed by atoms with Crippen LogP contribution >= 0.6 is 0 Å². The second-order valence-electron chi connectivity index (χ2n) is 5.35. The van der Waals surface area contributed by atoms with Gasteiger partial charge in [-0.25, -0.2) is 0 Å². The molecule has 0 amide bonds. The SMILES string of the molecule is FC(F)(F)Oc1ccccc1Oc1cccc(OCc2ccccc2)c1. The van der Waals surface area contributed by atoms with Gasteiger partial charge < -0.3 is 14.2 Å². The summed E-state index contributed by atoms with van der Waals surface area (Å²) < 4.78 is 52.7. The third kappa shape index (κ3) is 5.17. The average molecular weight is 360 g/mol. The lowest BCUT2D eigenvalue weighted by molar-refractivity contribution is -0.275. The van der Waals surface area contributed by atoms with E-state index >= 15 is 0 Å². The number of benzene rings is 3. The van der Waals surface area contributed by atoms with Gasteiger partial charge in [-0.3, -0.25) is 0 Å². The van der Waals surface area contributed by atoms with Gasteiger partial charge in [0, 0.05) is 6.07 Å². The molecule has 3 nitrogen and oxygen atoms in total. The molecule has 0 heterocycles. The van der Waals surface area contributed by atoms with Crippen LogP contribution < -0.4 is 14.2 Å². The minimum Gasteiger partial charge on any atom is -0.489 e. The molecule has 0 fully saturated rings. The highest BCUT2D eigenvalue weighted by Gasteiger charge is 2.32. The Kier molecular flexibility index (Phi) is 5.31. The van der Waals surface area contributed by atoms with Crippen molar-refractivity contribution in [3.05, 3.63) is 84.4 Å². The first-order valence-corrected chi connectivity index (χ1v) is 7.79. The molecule has 0 atom stereocenters. The molecule has 0 unspecified atom stereocenters. The fourth-order valence-corrected chi connectivity index (χ4v) is 2.24. The first-order chi connectivity index (χ1) is 12.5. The summed E-state index contributed by atoms with van der Waals surface area (Å²) in [6.07, 6.45) is -4.79. The zero-order valence-electron chi connectivity index (χ0n) is 13.6. The van der Waals surface area contributed by atoms with Gasteiger partial charge in [-0.2, -0.15) is 0 Å². The summed E-state index contributed by atoms with van der Waals surface area (Å²) in [6.45, 7) is 0.373. The largest absolute Gasteiger partial charge is 0.573 e. The smallest absolute Gasteiger partial charge is 0.489 e. The van der Waals surface area contributed by atoms with Crippen molar-refractivity contribution >= 4 is 0 Å². The van der Waals surface area contributed by atoms with Gasteiger partial charge in [0.2, 0.25) is 0 Å². The van der Waals surface area contributed by atoms with Crippen LogP contribution in [0.4, 0.5) is 13.2 Å². The van der Waals surface area contributed by atoms with E-state index in [-0.39, 0.29) is 5.75 Å². The lowest BCUT2D eigenvalue weighted by Gasteiger charge is -2.14. The van der Waals surface area contributed by atoms with Crippen LogP contribution in [0.5, 0.6) is 23.0 Å². The van der Waals surface area contributed by atoms with E-state index in [1.54, 1.807) is 30.3 Å². The van der Waals surface area contributed by atoms with Crippen LogP contribution in [0.1, 0.15) is 5.56 Å². The topological polar surface area (TPSA) is 27.7 Å². The fraction of sp³-hybridized carbons (Fsp3) is 0.100. The van der Waals surface area contributed by atoms with Crippen molar-refractivity contribution in [2.45, 2.75) is 13.0 Å². The zero-order chi connectivity index (χ0) is 18.4. The quantitative estimate of drug-likeness (QED) is 0.543. The third-order valence-electron chi connectivity index (χ3n) is 3.36. The Bertz CT molecular complexity index is 848. The van der Waals surface area contributed by atoms with Crippen molar-refractivity contribution in [1.29, 1.82) is 0 Å². The maximum atomic E-state index is 12.5. The molecule has 0 saturated carbocycles. The number of rotatable bonds is 6. The number of hydrogen-bond acceptors (Lipinski definition) is 3. The second kappa shape index (κ2) is 7.82. The molecule has 3 aromatic carbocycles. The maximum Gasteiger partial charge on any atom is 0.573 e. The number of halogens is 3. The molecule has 0 N–H and O–H groups in total. The van der Waals surface area contributed by atoms with Gasteiger partial charge in [0.1, 0.15) is 18.1 Å². The highest BCUT2D eigenvalue weighted by molar-refractivity contribution is 5.44. The molecular weight excluding hydrogens is 345 g/mol. The molecule has 0 aliphatic heterocycles. The first-order valence-electron chi connectivity index (χ1n) is 7.79. The maximum absolute atomic E-state index is 12.5. The summed E-state index contributed by atoms with van der Waals surface area (Å²) in [5.41, 5.74) is 1.00. The van der Waals surface area contributed by atoms with Gasteiger partial charge >= 0.3 is 6.36 Å². The van der Waals surface area contributed by atoms with Crippen molar-refractivity contribution in [2.75, 3.05) is 0 Å². The van der Waals surface area contributed by atoms with Crippen LogP contribution in [0.15, 0.2) is 78.9 Å². The van der Waals surface area contributed by atoms with E-state index in [4.69, 9.17) is 9.47 Å². The minimum absolute atomic E-state index is 0.0370. The average Bonchev–Trinajstić information content (AvgIpc) is 2.62. The normalized spacial score (nSPS) is 11.0.